The largest absolute Gasteiger partial charge is 0.494 e. The maximum absolute atomic E-state index is 13.4. The van der Waals surface area contributed by atoms with E-state index >= 15 is 0 Å². The summed E-state index contributed by atoms with van der Waals surface area (Å²) in [5.74, 6) is 0.798. The van der Waals surface area contributed by atoms with Crippen molar-refractivity contribution in [3.8, 4) is 17.1 Å². The van der Waals surface area contributed by atoms with Crippen molar-refractivity contribution in [1.29, 1.82) is 0 Å². The number of benzene rings is 1. The van der Waals surface area contributed by atoms with E-state index in [0.29, 0.717) is 17.3 Å². The maximum Gasteiger partial charge on any atom is 0.244 e. The number of rotatable bonds is 3. The van der Waals surface area contributed by atoms with Gasteiger partial charge in [-0.15, -0.1) is 0 Å². The molecule has 0 amide bonds. The van der Waals surface area contributed by atoms with Gasteiger partial charge in [-0.3, -0.25) is 0 Å². The lowest BCUT2D eigenvalue weighted by Crippen LogP contribution is -2.26. The molecule has 2 heterocycles. The van der Waals surface area contributed by atoms with Crippen LogP contribution >= 0.6 is 0 Å². The zero-order valence-electron chi connectivity index (χ0n) is 11.2. The van der Waals surface area contributed by atoms with Crippen LogP contribution in [0.2, 0.25) is 0 Å². The van der Waals surface area contributed by atoms with Gasteiger partial charge in [0.15, 0.2) is 11.6 Å². The molecule has 6 heteroatoms. The van der Waals surface area contributed by atoms with Gasteiger partial charge in [-0.2, -0.15) is 4.98 Å². The first-order valence-electron chi connectivity index (χ1n) is 6.69. The van der Waals surface area contributed by atoms with Crippen molar-refractivity contribution < 1.29 is 13.7 Å². The minimum atomic E-state index is -0.408. The summed E-state index contributed by atoms with van der Waals surface area (Å²) in [6.07, 6.45) is 3.32. The standard InChI is InChI=1S/C14H16FN3O2/c1-19-12-8-9(5-6-10(12)15)13-17-14(20-18-13)11-4-2-3-7-16-11/h5-6,8,11,16H,2-4,7H2,1H3/t11-/m0/s1. The van der Waals surface area contributed by atoms with Gasteiger partial charge in [0.05, 0.1) is 13.2 Å². The van der Waals surface area contributed by atoms with Crippen molar-refractivity contribution in [1.82, 2.24) is 15.5 Å². The monoisotopic (exact) mass is 277 g/mol. The number of nitrogens with zero attached hydrogens (tertiary/aromatic N) is 2. The zero-order chi connectivity index (χ0) is 13.9. The summed E-state index contributed by atoms with van der Waals surface area (Å²) < 4.78 is 23.6. The molecule has 1 N–H and O–H groups in total. The highest BCUT2D eigenvalue weighted by molar-refractivity contribution is 5.57. The van der Waals surface area contributed by atoms with E-state index in [2.05, 4.69) is 15.5 Å². The molecule has 0 spiro atoms. The quantitative estimate of drug-likeness (QED) is 0.934. The number of halogens is 1. The number of aromatic nitrogens is 2. The topological polar surface area (TPSA) is 60.2 Å². The van der Waals surface area contributed by atoms with Crippen LogP contribution in [0.15, 0.2) is 22.7 Å². The van der Waals surface area contributed by atoms with Crippen LogP contribution in [0.5, 0.6) is 5.75 Å². The summed E-state index contributed by atoms with van der Waals surface area (Å²) in [7, 11) is 1.43. The molecular formula is C14H16FN3O2. The van der Waals surface area contributed by atoms with Gasteiger partial charge in [0, 0.05) is 5.56 Å². The van der Waals surface area contributed by atoms with Crippen LogP contribution in [-0.2, 0) is 0 Å². The molecule has 1 aliphatic rings. The molecule has 5 nitrogen and oxygen atoms in total. The van der Waals surface area contributed by atoms with Gasteiger partial charge in [0.1, 0.15) is 0 Å². The Kier molecular flexibility index (Phi) is 3.64. The highest BCUT2D eigenvalue weighted by Gasteiger charge is 2.21. The van der Waals surface area contributed by atoms with Crippen LogP contribution in [0.3, 0.4) is 0 Å². The van der Waals surface area contributed by atoms with Crippen molar-refractivity contribution in [3.05, 3.63) is 29.9 Å². The third-order valence-corrected chi connectivity index (χ3v) is 3.46. The van der Waals surface area contributed by atoms with Gasteiger partial charge in [-0.05, 0) is 37.6 Å². The third-order valence-electron chi connectivity index (χ3n) is 3.46. The highest BCUT2D eigenvalue weighted by atomic mass is 19.1. The Morgan fingerprint density at radius 2 is 2.30 bits per heavy atom. The number of hydrogen-bond acceptors (Lipinski definition) is 5. The number of nitrogens with one attached hydrogen (secondary N) is 1. The average Bonchev–Trinajstić information content (AvgIpc) is 2.98. The first-order chi connectivity index (χ1) is 9.78. The van der Waals surface area contributed by atoms with Gasteiger partial charge in [0.25, 0.3) is 0 Å². The molecule has 0 saturated carbocycles. The minimum Gasteiger partial charge on any atom is -0.494 e. The lowest BCUT2D eigenvalue weighted by atomic mass is 10.1. The second kappa shape index (κ2) is 5.58. The zero-order valence-corrected chi connectivity index (χ0v) is 11.2. The second-order valence-corrected chi connectivity index (χ2v) is 4.81. The summed E-state index contributed by atoms with van der Waals surface area (Å²) >= 11 is 0. The molecule has 3 rings (SSSR count). The summed E-state index contributed by atoms with van der Waals surface area (Å²) in [5.41, 5.74) is 0.675. The Bertz CT molecular complexity index is 594. The second-order valence-electron chi connectivity index (χ2n) is 4.81. The van der Waals surface area contributed by atoms with Gasteiger partial charge in [-0.25, -0.2) is 4.39 Å². The molecule has 2 aromatic rings. The number of methoxy groups -OCH3 is 1. The average molecular weight is 277 g/mol. The molecule has 1 atom stereocenters. The molecule has 1 aromatic heterocycles. The predicted molar refractivity (Wildman–Crippen MR) is 70.8 cm³/mol. The molecule has 1 aromatic carbocycles. The predicted octanol–water partition coefficient (Wildman–Crippen LogP) is 2.70. The molecule has 1 aliphatic heterocycles. The lowest BCUT2D eigenvalue weighted by Gasteiger charge is -2.19. The minimum absolute atomic E-state index is 0.118. The molecule has 1 fully saturated rings. The van der Waals surface area contributed by atoms with Crippen LogP contribution in [0, 0.1) is 5.82 Å². The van der Waals surface area contributed by atoms with Gasteiger partial charge in [0.2, 0.25) is 11.7 Å². The summed E-state index contributed by atoms with van der Waals surface area (Å²) in [6, 6.07) is 4.63. The Morgan fingerprint density at radius 3 is 3.05 bits per heavy atom. The van der Waals surface area contributed by atoms with Crippen molar-refractivity contribution in [2.75, 3.05) is 13.7 Å². The SMILES string of the molecule is COc1cc(-c2noc([C@@H]3CCCCN3)n2)ccc1F. The van der Waals surface area contributed by atoms with E-state index in [9.17, 15) is 4.39 Å². The molecule has 106 valence electrons. The molecule has 20 heavy (non-hydrogen) atoms. The number of hydrogen-bond donors (Lipinski definition) is 1. The third kappa shape index (κ3) is 2.51. The highest BCUT2D eigenvalue weighted by Crippen LogP contribution is 2.27. The van der Waals surface area contributed by atoms with Crippen molar-refractivity contribution in [2.45, 2.75) is 25.3 Å². The van der Waals surface area contributed by atoms with Crippen molar-refractivity contribution in [2.24, 2.45) is 0 Å². The molecule has 0 unspecified atom stereocenters. The Balaban J connectivity index is 1.85. The fourth-order valence-electron chi connectivity index (χ4n) is 2.36. The van der Waals surface area contributed by atoms with Crippen molar-refractivity contribution in [3.63, 3.8) is 0 Å². The Morgan fingerprint density at radius 1 is 1.40 bits per heavy atom. The first-order valence-corrected chi connectivity index (χ1v) is 6.69. The summed E-state index contributed by atoms with van der Waals surface area (Å²) in [5, 5.41) is 7.31. The Labute approximate surface area is 116 Å². The molecule has 0 radical (unpaired) electrons. The van der Waals surface area contributed by atoms with Crippen LogP contribution in [0.4, 0.5) is 4.39 Å². The normalized spacial score (nSPS) is 19.0. The van der Waals surface area contributed by atoms with Crippen molar-refractivity contribution >= 4 is 0 Å². The van der Waals surface area contributed by atoms with Crippen LogP contribution in [0.1, 0.15) is 31.2 Å². The number of piperidine rings is 1. The lowest BCUT2D eigenvalue weighted by molar-refractivity contribution is 0.297. The van der Waals surface area contributed by atoms with E-state index in [1.807, 2.05) is 0 Å². The van der Waals surface area contributed by atoms with Crippen LogP contribution in [0.25, 0.3) is 11.4 Å². The summed E-state index contributed by atoms with van der Waals surface area (Å²) in [6.45, 7) is 0.965. The summed E-state index contributed by atoms with van der Waals surface area (Å²) in [4.78, 5) is 4.39. The Hall–Kier alpha value is -1.95. The van der Waals surface area contributed by atoms with Gasteiger partial charge >= 0.3 is 0 Å². The van der Waals surface area contributed by atoms with Gasteiger partial charge < -0.3 is 14.6 Å². The fraction of sp³-hybridized carbons (Fsp3) is 0.429. The molecule has 0 aliphatic carbocycles. The van der Waals surface area contributed by atoms with Crippen LogP contribution < -0.4 is 10.1 Å². The van der Waals surface area contributed by atoms with E-state index in [1.54, 1.807) is 12.1 Å². The van der Waals surface area contributed by atoms with Crippen LogP contribution in [-0.4, -0.2) is 23.8 Å². The smallest absolute Gasteiger partial charge is 0.244 e. The van der Waals surface area contributed by atoms with E-state index in [-0.39, 0.29) is 11.8 Å². The van der Waals surface area contributed by atoms with E-state index in [4.69, 9.17) is 9.26 Å². The fourth-order valence-corrected chi connectivity index (χ4v) is 2.36. The molecular weight excluding hydrogens is 261 g/mol. The van der Waals surface area contributed by atoms with E-state index < -0.39 is 5.82 Å². The maximum atomic E-state index is 13.4. The number of ether oxygens (including phenoxy) is 1. The van der Waals surface area contributed by atoms with Gasteiger partial charge in [-0.1, -0.05) is 11.6 Å². The molecule has 1 saturated heterocycles. The molecule has 0 bridgehead atoms. The first kappa shape index (κ1) is 13.1. The van der Waals surface area contributed by atoms with E-state index in [0.717, 1.165) is 19.4 Å². The van der Waals surface area contributed by atoms with E-state index in [1.165, 1.54) is 19.6 Å².